The first-order chi connectivity index (χ1) is 13.5. The van der Waals surface area contributed by atoms with E-state index in [9.17, 15) is 13.2 Å². The minimum absolute atomic E-state index is 0.0842. The first-order valence-corrected chi connectivity index (χ1v) is 10.2. The fraction of sp³-hybridized carbons (Fsp3) is 0.0455. The number of benzene rings is 3. The van der Waals surface area contributed by atoms with Gasteiger partial charge in [0.05, 0.1) is 5.39 Å². The Morgan fingerprint density at radius 1 is 0.786 bits per heavy atom. The van der Waals surface area contributed by atoms with Crippen LogP contribution in [-0.4, -0.2) is 8.42 Å². The fourth-order valence-electron chi connectivity index (χ4n) is 2.91. The zero-order chi connectivity index (χ0) is 19.6. The van der Waals surface area contributed by atoms with Gasteiger partial charge in [0.25, 0.3) is 0 Å². The van der Waals surface area contributed by atoms with Gasteiger partial charge in [-0.25, -0.2) is 0 Å². The number of hydrogen-bond acceptors (Lipinski definition) is 5. The highest BCUT2D eigenvalue weighted by atomic mass is 32.2. The quantitative estimate of drug-likeness (QED) is 0.472. The van der Waals surface area contributed by atoms with Crippen molar-refractivity contribution in [2.75, 3.05) is 0 Å². The van der Waals surface area contributed by atoms with Crippen LogP contribution in [0.5, 0.6) is 5.75 Å². The first kappa shape index (κ1) is 18.0. The lowest BCUT2D eigenvalue weighted by Gasteiger charge is -2.11. The molecule has 6 heteroatoms. The molecule has 0 spiro atoms. The second kappa shape index (κ2) is 7.32. The van der Waals surface area contributed by atoms with Gasteiger partial charge in [-0.1, -0.05) is 72.8 Å². The van der Waals surface area contributed by atoms with Crippen LogP contribution < -0.4 is 9.61 Å². The average molecular weight is 392 g/mol. The van der Waals surface area contributed by atoms with Gasteiger partial charge < -0.3 is 8.60 Å². The van der Waals surface area contributed by atoms with E-state index in [1.807, 2.05) is 6.07 Å². The van der Waals surface area contributed by atoms with Crippen molar-refractivity contribution in [1.29, 1.82) is 0 Å². The van der Waals surface area contributed by atoms with E-state index >= 15 is 0 Å². The van der Waals surface area contributed by atoms with Crippen LogP contribution in [0.15, 0.2) is 94.1 Å². The summed E-state index contributed by atoms with van der Waals surface area (Å²) in [4.78, 5) is 13.0. The van der Waals surface area contributed by atoms with Gasteiger partial charge in [0, 0.05) is 5.56 Å². The highest BCUT2D eigenvalue weighted by Gasteiger charge is 2.23. The lowest BCUT2D eigenvalue weighted by Crippen LogP contribution is -2.18. The summed E-state index contributed by atoms with van der Waals surface area (Å²) < 4.78 is 36.4. The van der Waals surface area contributed by atoms with Crippen LogP contribution in [0.4, 0.5) is 0 Å². The van der Waals surface area contributed by atoms with Crippen molar-refractivity contribution in [3.8, 4) is 17.1 Å². The van der Waals surface area contributed by atoms with Crippen molar-refractivity contribution in [3.63, 3.8) is 0 Å². The number of fused-ring (bicyclic) bond motifs is 1. The molecule has 0 saturated carbocycles. The number of rotatable bonds is 5. The summed E-state index contributed by atoms with van der Waals surface area (Å²) in [6, 6.07) is 24.1. The molecule has 140 valence electrons. The van der Waals surface area contributed by atoms with E-state index in [2.05, 4.69) is 0 Å². The summed E-state index contributed by atoms with van der Waals surface area (Å²) in [6.45, 7) is 0. The molecule has 0 aliphatic carbocycles. The van der Waals surface area contributed by atoms with Crippen molar-refractivity contribution >= 4 is 21.1 Å². The van der Waals surface area contributed by atoms with Crippen molar-refractivity contribution < 1.29 is 17.0 Å². The van der Waals surface area contributed by atoms with Crippen LogP contribution in [0.3, 0.4) is 0 Å². The normalized spacial score (nSPS) is 11.4. The van der Waals surface area contributed by atoms with Crippen LogP contribution in [0, 0.1) is 0 Å². The van der Waals surface area contributed by atoms with E-state index in [4.69, 9.17) is 8.60 Å². The smallest absolute Gasteiger partial charge is 0.313 e. The van der Waals surface area contributed by atoms with Crippen LogP contribution in [0.25, 0.3) is 22.3 Å². The summed E-state index contributed by atoms with van der Waals surface area (Å²) in [7, 11) is -4.07. The molecule has 1 heterocycles. The Labute approximate surface area is 162 Å². The zero-order valence-corrected chi connectivity index (χ0v) is 15.6. The van der Waals surface area contributed by atoms with E-state index in [-0.39, 0.29) is 22.6 Å². The van der Waals surface area contributed by atoms with Gasteiger partial charge in [-0.2, -0.15) is 8.42 Å². The number of hydrogen-bond donors (Lipinski definition) is 0. The molecule has 0 N–H and O–H groups in total. The van der Waals surface area contributed by atoms with E-state index < -0.39 is 15.5 Å². The molecule has 0 amide bonds. The van der Waals surface area contributed by atoms with E-state index in [1.54, 1.807) is 78.9 Å². The number of para-hydroxylation sites is 1. The van der Waals surface area contributed by atoms with Gasteiger partial charge >= 0.3 is 10.1 Å². The average Bonchev–Trinajstić information content (AvgIpc) is 2.71. The van der Waals surface area contributed by atoms with E-state index in [0.29, 0.717) is 16.7 Å². The first-order valence-electron chi connectivity index (χ1n) is 8.61. The van der Waals surface area contributed by atoms with Gasteiger partial charge in [-0.15, -0.1) is 0 Å². The van der Waals surface area contributed by atoms with E-state index in [0.717, 1.165) is 0 Å². The molecule has 5 nitrogen and oxygen atoms in total. The molecule has 3 aromatic carbocycles. The standard InChI is InChI=1S/C22H16O5S/c23-20-18-13-7-8-14-19(18)26-21(17-11-5-2-6-12-17)22(20)27-28(24,25)15-16-9-3-1-4-10-16/h1-14H,15H2. The molecule has 0 fully saturated rings. The predicted octanol–water partition coefficient (Wildman–Crippen LogP) is 4.37. The van der Waals surface area contributed by atoms with E-state index in [1.165, 1.54) is 0 Å². The highest BCUT2D eigenvalue weighted by molar-refractivity contribution is 7.86. The molecule has 0 atom stereocenters. The lowest BCUT2D eigenvalue weighted by molar-refractivity contribution is 0.471. The Morgan fingerprint density at radius 2 is 1.39 bits per heavy atom. The third kappa shape index (κ3) is 3.68. The second-order valence-corrected chi connectivity index (χ2v) is 7.79. The summed E-state index contributed by atoms with van der Waals surface area (Å²) in [5.41, 5.74) is 0.945. The Morgan fingerprint density at radius 3 is 2.11 bits per heavy atom. The molecule has 0 aliphatic heterocycles. The maximum absolute atomic E-state index is 13.0. The van der Waals surface area contributed by atoms with Crippen molar-refractivity contribution in [3.05, 3.63) is 101 Å². The summed E-state index contributed by atoms with van der Waals surface area (Å²) >= 11 is 0. The molecule has 0 radical (unpaired) electrons. The van der Waals surface area contributed by atoms with Gasteiger partial charge in [-0.05, 0) is 17.7 Å². The Kier molecular flexibility index (Phi) is 4.71. The molecule has 4 aromatic rings. The Bertz CT molecular complexity index is 1280. The van der Waals surface area contributed by atoms with Crippen molar-refractivity contribution in [2.45, 2.75) is 5.75 Å². The molecule has 0 saturated heterocycles. The molecule has 1 aromatic heterocycles. The third-order valence-corrected chi connectivity index (χ3v) is 5.30. The van der Waals surface area contributed by atoms with Crippen LogP contribution in [0.2, 0.25) is 0 Å². The largest absolute Gasteiger partial charge is 0.452 e. The predicted molar refractivity (Wildman–Crippen MR) is 108 cm³/mol. The SMILES string of the molecule is O=c1c(OS(=O)(=O)Cc2ccccc2)c(-c2ccccc2)oc2ccccc12. The maximum Gasteiger partial charge on any atom is 0.313 e. The third-order valence-electron chi connectivity index (χ3n) is 4.19. The summed E-state index contributed by atoms with van der Waals surface area (Å²) in [6.07, 6.45) is 0. The van der Waals surface area contributed by atoms with Gasteiger partial charge in [0.1, 0.15) is 11.3 Å². The zero-order valence-electron chi connectivity index (χ0n) is 14.7. The highest BCUT2D eigenvalue weighted by Crippen LogP contribution is 2.31. The molecule has 4 rings (SSSR count). The maximum atomic E-state index is 13.0. The molecule has 28 heavy (non-hydrogen) atoms. The second-order valence-electron chi connectivity index (χ2n) is 6.22. The fourth-order valence-corrected chi connectivity index (χ4v) is 3.98. The van der Waals surface area contributed by atoms with Gasteiger partial charge in [0.2, 0.25) is 11.2 Å². The van der Waals surface area contributed by atoms with Crippen LogP contribution >= 0.6 is 0 Å². The monoisotopic (exact) mass is 392 g/mol. The topological polar surface area (TPSA) is 73.6 Å². The van der Waals surface area contributed by atoms with Crippen molar-refractivity contribution in [1.82, 2.24) is 0 Å². The lowest BCUT2D eigenvalue weighted by atomic mass is 10.1. The molecule has 0 bridgehead atoms. The molecule has 0 aliphatic rings. The van der Waals surface area contributed by atoms with Gasteiger partial charge in [-0.3, -0.25) is 4.79 Å². The molecule has 0 unspecified atom stereocenters. The summed E-state index contributed by atoms with van der Waals surface area (Å²) in [5.74, 6) is -0.601. The van der Waals surface area contributed by atoms with Crippen molar-refractivity contribution in [2.24, 2.45) is 0 Å². The minimum atomic E-state index is -4.07. The van der Waals surface area contributed by atoms with Crippen LogP contribution in [0.1, 0.15) is 5.56 Å². The van der Waals surface area contributed by atoms with Crippen LogP contribution in [-0.2, 0) is 15.9 Å². The minimum Gasteiger partial charge on any atom is -0.452 e. The summed E-state index contributed by atoms with van der Waals surface area (Å²) in [5, 5.41) is 0.257. The Hall–Kier alpha value is -3.38. The Balaban J connectivity index is 1.85. The molecular formula is C22H16O5S. The molecular weight excluding hydrogens is 376 g/mol. The van der Waals surface area contributed by atoms with Gasteiger partial charge in [0.15, 0.2) is 5.76 Å².